The molecule has 8 nitrogen and oxygen atoms in total. The van der Waals surface area contributed by atoms with Crippen molar-refractivity contribution < 1.29 is 24.3 Å². The largest absolute Gasteiger partial charge is 0.456 e. The van der Waals surface area contributed by atoms with E-state index in [9.17, 15) is 25.1 Å². The smallest absolute Gasteiger partial charge is 0.287 e. The van der Waals surface area contributed by atoms with Crippen LogP contribution in [0, 0.1) is 17.0 Å². The molecule has 0 fully saturated rings. The summed E-state index contributed by atoms with van der Waals surface area (Å²) >= 11 is 0. The zero-order valence-electron chi connectivity index (χ0n) is 22.6. The van der Waals surface area contributed by atoms with Gasteiger partial charge in [0, 0.05) is 18.6 Å². The van der Waals surface area contributed by atoms with Crippen LogP contribution in [-0.4, -0.2) is 33.7 Å². The van der Waals surface area contributed by atoms with E-state index in [-0.39, 0.29) is 22.3 Å². The van der Waals surface area contributed by atoms with E-state index in [1.165, 1.54) is 41.0 Å². The highest BCUT2D eigenvalue weighted by molar-refractivity contribution is 5.91. The lowest BCUT2D eigenvalue weighted by Gasteiger charge is -2.42. The van der Waals surface area contributed by atoms with Crippen molar-refractivity contribution >= 4 is 11.6 Å². The lowest BCUT2D eigenvalue weighted by Crippen LogP contribution is -2.41. The van der Waals surface area contributed by atoms with Crippen molar-refractivity contribution in [1.29, 1.82) is 0 Å². The van der Waals surface area contributed by atoms with Crippen molar-refractivity contribution in [2.75, 3.05) is 6.61 Å². The molecule has 0 saturated heterocycles. The van der Waals surface area contributed by atoms with E-state index >= 15 is 0 Å². The van der Waals surface area contributed by atoms with Crippen LogP contribution < -0.4 is 5.32 Å². The fourth-order valence-electron chi connectivity index (χ4n) is 5.23. The Kier molecular flexibility index (Phi) is 7.50. The first-order valence-corrected chi connectivity index (χ1v) is 12.9. The van der Waals surface area contributed by atoms with E-state index in [1.54, 1.807) is 12.1 Å². The molecule has 2 aromatic carbocycles. The zero-order valence-corrected chi connectivity index (χ0v) is 22.6. The Labute approximate surface area is 222 Å². The molecule has 0 radical (unpaired) electrons. The van der Waals surface area contributed by atoms with Crippen LogP contribution in [0.5, 0.6) is 0 Å². The summed E-state index contributed by atoms with van der Waals surface area (Å²) in [5, 5.41) is 33.9. The molecule has 3 N–H and O–H groups in total. The van der Waals surface area contributed by atoms with Crippen molar-refractivity contribution in [1.82, 2.24) is 5.32 Å². The number of fused-ring (bicyclic) bond motifs is 1. The first-order chi connectivity index (χ1) is 17.8. The van der Waals surface area contributed by atoms with Crippen LogP contribution in [0.15, 0.2) is 52.9 Å². The molecular weight excluding hydrogens is 484 g/mol. The Balaban J connectivity index is 1.48. The summed E-state index contributed by atoms with van der Waals surface area (Å²) in [5.74, 6) is 0.148. The van der Waals surface area contributed by atoms with Gasteiger partial charge in [-0.15, -0.1) is 0 Å². The van der Waals surface area contributed by atoms with Crippen LogP contribution in [0.25, 0.3) is 0 Å². The summed E-state index contributed by atoms with van der Waals surface area (Å²) in [6.45, 7) is 10.8. The molecule has 3 aromatic rings. The van der Waals surface area contributed by atoms with Crippen molar-refractivity contribution in [2.45, 2.75) is 76.9 Å². The number of rotatable bonds is 8. The van der Waals surface area contributed by atoms with Gasteiger partial charge in [0.2, 0.25) is 0 Å². The number of nitro groups is 1. The molecule has 1 aliphatic carbocycles. The summed E-state index contributed by atoms with van der Waals surface area (Å²) < 4.78 is 5.86. The predicted octanol–water partition coefficient (Wildman–Crippen LogP) is 5.26. The highest BCUT2D eigenvalue weighted by Gasteiger charge is 2.37. The van der Waals surface area contributed by atoms with Crippen LogP contribution >= 0.6 is 0 Å². The summed E-state index contributed by atoms with van der Waals surface area (Å²) in [5.41, 5.74) is 5.54. The number of aryl methyl sites for hydroxylation is 1. The van der Waals surface area contributed by atoms with Crippen LogP contribution in [0.3, 0.4) is 0 Å². The number of non-ortho nitro benzene ring substituents is 1. The molecule has 1 unspecified atom stereocenters. The van der Waals surface area contributed by atoms with Crippen molar-refractivity contribution in [3.05, 3.63) is 98.0 Å². The second kappa shape index (κ2) is 10.3. The SMILES string of the molecule is Cc1cc2c(cc1Cc1ccc(C(=O)NC(CO)[C@H](O)c3ccc([N+](=O)[O-])cc3)o1)C(C)(C)CCC2(C)C. The molecule has 0 aliphatic heterocycles. The van der Waals surface area contributed by atoms with Gasteiger partial charge in [0.25, 0.3) is 11.6 Å². The summed E-state index contributed by atoms with van der Waals surface area (Å²) in [6.07, 6.45) is 1.55. The number of amides is 1. The fourth-order valence-corrected chi connectivity index (χ4v) is 5.23. The van der Waals surface area contributed by atoms with E-state index < -0.39 is 29.6 Å². The van der Waals surface area contributed by atoms with Crippen LogP contribution in [0.1, 0.15) is 90.8 Å². The van der Waals surface area contributed by atoms with Gasteiger partial charge in [0.1, 0.15) is 11.9 Å². The van der Waals surface area contributed by atoms with E-state index in [2.05, 4.69) is 52.1 Å². The second-order valence-corrected chi connectivity index (χ2v) is 11.6. The van der Waals surface area contributed by atoms with Crippen LogP contribution in [0.4, 0.5) is 5.69 Å². The molecule has 4 rings (SSSR count). The van der Waals surface area contributed by atoms with Gasteiger partial charge >= 0.3 is 0 Å². The number of carbonyl (C=O) groups excluding carboxylic acids is 1. The Morgan fingerprint density at radius 3 is 2.24 bits per heavy atom. The standard InChI is InChI=1S/C30H36N2O6/c1-18-14-23-24(30(4,5)13-12-29(23,2)3)16-20(18)15-22-10-11-26(38-22)28(35)31-25(17-33)27(34)19-6-8-21(9-7-19)32(36)37/h6-11,14,16,25,27,33-34H,12-13,15,17H2,1-5H3,(H,31,35)/t25?,27-/m1/s1. The zero-order chi connectivity index (χ0) is 27.8. The molecule has 8 heteroatoms. The highest BCUT2D eigenvalue weighted by Crippen LogP contribution is 2.46. The number of aliphatic hydroxyl groups is 2. The van der Waals surface area contributed by atoms with Crippen molar-refractivity contribution in [2.24, 2.45) is 0 Å². The Morgan fingerprint density at radius 1 is 1.05 bits per heavy atom. The molecular formula is C30H36N2O6. The molecule has 1 heterocycles. The maximum Gasteiger partial charge on any atom is 0.287 e. The monoisotopic (exact) mass is 520 g/mol. The van der Waals surface area contributed by atoms with Gasteiger partial charge in [-0.25, -0.2) is 0 Å². The van der Waals surface area contributed by atoms with Gasteiger partial charge in [-0.1, -0.05) is 39.8 Å². The summed E-state index contributed by atoms with van der Waals surface area (Å²) in [4.78, 5) is 23.2. The molecule has 202 valence electrons. The topological polar surface area (TPSA) is 126 Å². The summed E-state index contributed by atoms with van der Waals surface area (Å²) in [6, 6.07) is 12.2. The van der Waals surface area contributed by atoms with Gasteiger partial charge in [-0.2, -0.15) is 0 Å². The third kappa shape index (κ3) is 5.51. The number of carbonyl (C=O) groups is 1. The molecule has 0 bridgehead atoms. The number of nitrogens with one attached hydrogen (secondary N) is 1. The first-order valence-electron chi connectivity index (χ1n) is 12.9. The van der Waals surface area contributed by atoms with E-state index in [0.717, 1.165) is 18.4 Å². The Morgan fingerprint density at radius 2 is 1.66 bits per heavy atom. The summed E-state index contributed by atoms with van der Waals surface area (Å²) in [7, 11) is 0. The number of nitro benzene ring substituents is 1. The second-order valence-electron chi connectivity index (χ2n) is 11.6. The average Bonchev–Trinajstić information content (AvgIpc) is 3.34. The average molecular weight is 521 g/mol. The maximum atomic E-state index is 12.9. The highest BCUT2D eigenvalue weighted by atomic mass is 16.6. The van der Waals surface area contributed by atoms with Crippen LogP contribution in [0.2, 0.25) is 0 Å². The number of aliphatic hydroxyl groups excluding tert-OH is 2. The Bertz CT molecular complexity index is 1340. The normalized spacial score (nSPS) is 17.3. The van der Waals surface area contributed by atoms with E-state index in [0.29, 0.717) is 17.7 Å². The third-order valence-corrected chi connectivity index (χ3v) is 7.90. The van der Waals surface area contributed by atoms with Gasteiger partial charge in [0.15, 0.2) is 5.76 Å². The van der Waals surface area contributed by atoms with Gasteiger partial charge < -0.3 is 19.9 Å². The van der Waals surface area contributed by atoms with Gasteiger partial charge in [-0.05, 0) is 82.7 Å². The number of hydrogen-bond acceptors (Lipinski definition) is 6. The van der Waals surface area contributed by atoms with Crippen molar-refractivity contribution in [3.8, 4) is 0 Å². The minimum Gasteiger partial charge on any atom is -0.456 e. The fraction of sp³-hybridized carbons (Fsp3) is 0.433. The quantitative estimate of drug-likeness (QED) is 0.275. The van der Waals surface area contributed by atoms with E-state index in [1.807, 2.05) is 0 Å². The Hall–Kier alpha value is -3.49. The third-order valence-electron chi connectivity index (χ3n) is 7.90. The van der Waals surface area contributed by atoms with Gasteiger partial charge in [0.05, 0.1) is 17.6 Å². The molecule has 1 amide bonds. The predicted molar refractivity (Wildman–Crippen MR) is 144 cm³/mol. The number of benzene rings is 2. The number of nitrogens with zero attached hydrogens (tertiary/aromatic N) is 1. The lowest BCUT2D eigenvalue weighted by molar-refractivity contribution is -0.384. The molecule has 1 aliphatic rings. The number of furan rings is 1. The lowest BCUT2D eigenvalue weighted by atomic mass is 9.62. The van der Waals surface area contributed by atoms with Gasteiger partial charge in [-0.3, -0.25) is 14.9 Å². The molecule has 2 atom stereocenters. The minimum absolute atomic E-state index is 0.0754. The molecule has 0 saturated carbocycles. The molecule has 0 spiro atoms. The molecule has 38 heavy (non-hydrogen) atoms. The number of hydrogen-bond donors (Lipinski definition) is 3. The van der Waals surface area contributed by atoms with Crippen LogP contribution in [-0.2, 0) is 17.3 Å². The van der Waals surface area contributed by atoms with Crippen molar-refractivity contribution in [3.63, 3.8) is 0 Å². The first kappa shape index (κ1) is 27.5. The maximum absolute atomic E-state index is 12.9. The molecule has 1 aromatic heterocycles. The minimum atomic E-state index is -1.26. The van der Waals surface area contributed by atoms with E-state index in [4.69, 9.17) is 4.42 Å².